The fraction of sp³-hybridized carbons (Fsp3) is 0.130. The number of pyridine rings is 1. The van der Waals surface area contributed by atoms with E-state index in [0.29, 0.717) is 27.4 Å². The Morgan fingerprint density at radius 1 is 1.14 bits per heavy atom. The van der Waals surface area contributed by atoms with Gasteiger partial charge in [-0.25, -0.2) is 13.8 Å². The van der Waals surface area contributed by atoms with E-state index in [1.165, 1.54) is 31.2 Å². The van der Waals surface area contributed by atoms with Crippen LogP contribution in [-0.4, -0.2) is 40.7 Å². The van der Waals surface area contributed by atoms with Gasteiger partial charge >= 0.3 is 0 Å². The van der Waals surface area contributed by atoms with Crippen LogP contribution in [0.25, 0.3) is 10.1 Å². The molecular weight excluding hydrogens is 480 g/mol. The highest BCUT2D eigenvalue weighted by atomic mass is 32.1. The van der Waals surface area contributed by atoms with Crippen LogP contribution in [0.2, 0.25) is 0 Å². The van der Waals surface area contributed by atoms with E-state index >= 15 is 0 Å². The lowest BCUT2D eigenvalue weighted by molar-refractivity contribution is -0.111. The molecule has 0 unspecified atom stereocenters. The van der Waals surface area contributed by atoms with Gasteiger partial charge in [-0.3, -0.25) is 14.3 Å². The van der Waals surface area contributed by atoms with Crippen molar-refractivity contribution in [1.82, 2.24) is 14.8 Å². The summed E-state index contributed by atoms with van der Waals surface area (Å²) in [6, 6.07) is 4.20. The maximum Gasteiger partial charge on any atom is 0.247 e. The van der Waals surface area contributed by atoms with Gasteiger partial charge in [0.2, 0.25) is 11.7 Å². The Kier molecular flexibility index (Phi) is 6.47. The molecule has 1 amide bonds. The van der Waals surface area contributed by atoms with E-state index < -0.39 is 28.9 Å². The minimum atomic E-state index is -1.11. The van der Waals surface area contributed by atoms with Crippen LogP contribution in [0.15, 0.2) is 43.2 Å². The van der Waals surface area contributed by atoms with Gasteiger partial charge in [0, 0.05) is 19.3 Å². The van der Waals surface area contributed by atoms with Gasteiger partial charge in [-0.2, -0.15) is 5.10 Å². The normalized spacial score (nSPS) is 10.8. The Hall–Kier alpha value is -4.32. The molecule has 0 saturated carbocycles. The first kappa shape index (κ1) is 23.8. The molecule has 0 bridgehead atoms. The van der Waals surface area contributed by atoms with Gasteiger partial charge < -0.3 is 20.1 Å². The van der Waals surface area contributed by atoms with Crippen LogP contribution < -0.4 is 20.1 Å². The number of carbonyl (C=O) groups is 2. The van der Waals surface area contributed by atoms with Crippen LogP contribution in [0.5, 0.6) is 11.5 Å². The number of methoxy groups -OCH3 is 2. The largest absolute Gasteiger partial charge is 0.494 e. The number of nitrogens with one attached hydrogen (secondary N) is 2. The van der Waals surface area contributed by atoms with Crippen LogP contribution in [-0.2, 0) is 11.8 Å². The molecule has 12 heteroatoms. The first-order valence-electron chi connectivity index (χ1n) is 10.0. The first-order chi connectivity index (χ1) is 16.7. The molecule has 3 heterocycles. The number of anilines is 3. The second-order valence-corrected chi connectivity index (χ2v) is 8.30. The molecule has 9 nitrogen and oxygen atoms in total. The van der Waals surface area contributed by atoms with E-state index in [1.807, 2.05) is 0 Å². The van der Waals surface area contributed by atoms with Crippen LogP contribution in [0.3, 0.4) is 0 Å². The molecule has 0 atom stereocenters. The van der Waals surface area contributed by atoms with E-state index in [4.69, 9.17) is 9.47 Å². The van der Waals surface area contributed by atoms with Gasteiger partial charge in [0.05, 0.1) is 30.0 Å². The van der Waals surface area contributed by atoms with Gasteiger partial charge in [0.15, 0.2) is 29.0 Å². The summed E-state index contributed by atoms with van der Waals surface area (Å²) in [6.45, 7) is 3.42. The highest BCUT2D eigenvalue weighted by Gasteiger charge is 2.27. The fourth-order valence-electron chi connectivity index (χ4n) is 3.31. The van der Waals surface area contributed by atoms with E-state index in [0.717, 1.165) is 23.5 Å². The molecule has 1 aromatic carbocycles. The number of ether oxygens (including phenoxy) is 2. The van der Waals surface area contributed by atoms with Crippen molar-refractivity contribution in [1.29, 1.82) is 0 Å². The lowest BCUT2D eigenvalue weighted by atomic mass is 10.1. The van der Waals surface area contributed by atoms with Crippen molar-refractivity contribution in [2.24, 2.45) is 7.05 Å². The summed E-state index contributed by atoms with van der Waals surface area (Å²) >= 11 is 1.04. The maximum absolute atomic E-state index is 14.8. The molecule has 2 N–H and O–H groups in total. The third-order valence-electron chi connectivity index (χ3n) is 4.95. The average molecular weight is 499 g/mol. The monoisotopic (exact) mass is 499 g/mol. The second kappa shape index (κ2) is 9.50. The zero-order valence-electron chi connectivity index (χ0n) is 18.8. The summed E-state index contributed by atoms with van der Waals surface area (Å²) in [6.07, 6.45) is 4.26. The second-order valence-electron chi connectivity index (χ2n) is 7.21. The third-order valence-corrected chi connectivity index (χ3v) is 6.03. The number of benzene rings is 1. The number of hydrogen-bond acceptors (Lipinski definition) is 8. The molecule has 0 aliphatic rings. The maximum atomic E-state index is 14.8. The topological polar surface area (TPSA) is 107 Å². The molecule has 0 saturated heterocycles. The summed E-state index contributed by atoms with van der Waals surface area (Å²) < 4.78 is 41.6. The predicted octanol–water partition coefficient (Wildman–Crippen LogP) is 4.42. The molecular formula is C23H19F2N5O4S. The Labute approximate surface area is 202 Å². The fourth-order valence-corrected chi connectivity index (χ4v) is 4.27. The molecule has 0 aliphatic carbocycles. The van der Waals surface area contributed by atoms with Crippen molar-refractivity contribution in [3.8, 4) is 11.5 Å². The molecule has 4 rings (SSSR count). The van der Waals surface area contributed by atoms with E-state index in [1.54, 1.807) is 19.3 Å². The molecule has 180 valence electrons. The highest BCUT2D eigenvalue weighted by molar-refractivity contribution is 7.21. The van der Waals surface area contributed by atoms with Crippen LogP contribution in [0.1, 0.15) is 15.2 Å². The van der Waals surface area contributed by atoms with Crippen molar-refractivity contribution in [2.75, 3.05) is 24.9 Å². The Morgan fingerprint density at radius 3 is 2.46 bits per heavy atom. The number of amides is 1. The van der Waals surface area contributed by atoms with Gasteiger partial charge in [0.1, 0.15) is 17.1 Å². The van der Waals surface area contributed by atoms with E-state index in [2.05, 4.69) is 27.3 Å². The smallest absolute Gasteiger partial charge is 0.247 e. The number of ketones is 1. The molecule has 3 aromatic heterocycles. The van der Waals surface area contributed by atoms with E-state index in [-0.39, 0.29) is 16.4 Å². The van der Waals surface area contributed by atoms with E-state index in [9.17, 15) is 18.4 Å². The summed E-state index contributed by atoms with van der Waals surface area (Å²) in [7, 11) is 4.10. The van der Waals surface area contributed by atoms with Crippen molar-refractivity contribution in [3.63, 3.8) is 0 Å². The summed E-state index contributed by atoms with van der Waals surface area (Å²) in [5, 5.41) is 10.5. The van der Waals surface area contributed by atoms with Gasteiger partial charge in [0.25, 0.3) is 0 Å². The summed E-state index contributed by atoms with van der Waals surface area (Å²) in [4.78, 5) is 29.1. The summed E-state index contributed by atoms with van der Waals surface area (Å²) in [5.41, 5.74) is -0.353. The number of aromatic nitrogens is 3. The average Bonchev–Trinajstić information content (AvgIpc) is 3.41. The highest BCUT2D eigenvalue weighted by Crippen LogP contribution is 2.35. The molecule has 0 radical (unpaired) electrons. The SMILES string of the molecule is C=CC(=O)Nc1cn(C)nc1Nc1cc2cc(C(=O)c3c(F)c(OC)cc(OC)c3F)sc2cn1. The Bertz CT molecular complexity index is 1450. The first-order valence-corrected chi connectivity index (χ1v) is 10.9. The number of fused-ring (bicyclic) bond motifs is 1. The Morgan fingerprint density at radius 2 is 1.83 bits per heavy atom. The molecule has 0 aliphatic heterocycles. The number of thiophene rings is 1. The molecule has 0 fully saturated rings. The Balaban J connectivity index is 1.68. The van der Waals surface area contributed by atoms with Crippen LogP contribution in [0.4, 0.5) is 26.1 Å². The minimum Gasteiger partial charge on any atom is -0.494 e. The predicted molar refractivity (Wildman–Crippen MR) is 128 cm³/mol. The number of aryl methyl sites for hydroxylation is 1. The van der Waals surface area contributed by atoms with Crippen molar-refractivity contribution in [3.05, 3.63) is 65.3 Å². The number of halogens is 2. The van der Waals surface area contributed by atoms with Crippen LogP contribution >= 0.6 is 11.3 Å². The lowest BCUT2D eigenvalue weighted by Gasteiger charge is -2.11. The standard InChI is InChI=1S/C23H19F2N5O4S/c1-5-18(31)27-12-10-30(2)29-23(12)28-17-7-11-6-15(35-16(11)9-26-17)22(32)19-20(24)13(33-3)8-14(34-4)21(19)25/h5-10H,1H2,2-4H3,(H,27,31)(H,26,28,29). The molecule has 0 spiro atoms. The zero-order chi connectivity index (χ0) is 25.3. The zero-order valence-corrected chi connectivity index (χ0v) is 19.6. The third kappa shape index (κ3) is 4.55. The quantitative estimate of drug-likeness (QED) is 0.273. The summed E-state index contributed by atoms with van der Waals surface area (Å²) in [5.74, 6) is -3.38. The van der Waals surface area contributed by atoms with Gasteiger partial charge in [-0.1, -0.05) is 6.58 Å². The number of nitrogens with zero attached hydrogens (tertiary/aromatic N) is 3. The minimum absolute atomic E-state index is 0.101. The number of rotatable bonds is 8. The van der Waals surface area contributed by atoms with Crippen LogP contribution in [0, 0.1) is 11.6 Å². The van der Waals surface area contributed by atoms with Gasteiger partial charge in [-0.05, 0) is 23.6 Å². The van der Waals surface area contributed by atoms with Crippen molar-refractivity contribution < 1.29 is 27.8 Å². The number of carbonyl (C=O) groups excluding carboxylic acids is 2. The lowest BCUT2D eigenvalue weighted by Crippen LogP contribution is -2.09. The van der Waals surface area contributed by atoms with Gasteiger partial charge in [-0.15, -0.1) is 11.3 Å². The van der Waals surface area contributed by atoms with Crippen molar-refractivity contribution in [2.45, 2.75) is 0 Å². The molecule has 4 aromatic rings. The van der Waals surface area contributed by atoms with Crippen molar-refractivity contribution >= 4 is 50.4 Å². The molecule has 35 heavy (non-hydrogen) atoms. The number of hydrogen-bond donors (Lipinski definition) is 2.